The van der Waals surface area contributed by atoms with Crippen LogP contribution in [0.4, 0.5) is 19.0 Å². The van der Waals surface area contributed by atoms with Gasteiger partial charge in [-0.05, 0) is 50.8 Å². The number of esters is 1. The first kappa shape index (κ1) is 24.1. The number of hydrogen-bond acceptors (Lipinski definition) is 6. The van der Waals surface area contributed by atoms with Crippen molar-refractivity contribution in [3.63, 3.8) is 0 Å². The van der Waals surface area contributed by atoms with E-state index < -0.39 is 43.7 Å². The third-order valence-electron chi connectivity index (χ3n) is 6.28. The number of carbonyl (C=O) groups excluding carboxylic acids is 1. The van der Waals surface area contributed by atoms with Crippen LogP contribution >= 0.6 is 15.9 Å². The molecule has 0 radical (unpaired) electrons. The standard InChI is InChI=1S/C21H23BrF3N3O4S/c1-12-8-19(28(26-12)14-4-3-5-14)27-11-15(10-17(27)20(29)32-2)33(30,31)18-7-6-13(22)9-16(18)21(23,24)25/h6-9,14-15,17H,3-5,10-11H2,1-2H3/t15-,17?/m1/s1. The van der Waals surface area contributed by atoms with Gasteiger partial charge in [-0.2, -0.15) is 18.3 Å². The number of nitrogens with zero attached hydrogens (tertiary/aromatic N) is 3. The van der Waals surface area contributed by atoms with Gasteiger partial charge in [-0.3, -0.25) is 0 Å². The zero-order chi connectivity index (χ0) is 24.1. The second kappa shape index (κ2) is 8.61. The molecule has 1 saturated carbocycles. The van der Waals surface area contributed by atoms with Crippen LogP contribution in [-0.2, 0) is 25.5 Å². The number of carbonyl (C=O) groups is 1. The quantitative estimate of drug-likeness (QED) is 0.517. The number of ether oxygens (including phenoxy) is 1. The van der Waals surface area contributed by atoms with Crippen molar-refractivity contribution in [1.82, 2.24) is 9.78 Å². The van der Waals surface area contributed by atoms with Crippen molar-refractivity contribution < 1.29 is 31.1 Å². The highest BCUT2D eigenvalue weighted by molar-refractivity contribution is 9.10. The molecule has 1 aromatic heterocycles. The van der Waals surface area contributed by atoms with Crippen molar-refractivity contribution in [2.24, 2.45) is 0 Å². The van der Waals surface area contributed by atoms with Crippen LogP contribution in [0.1, 0.15) is 43.0 Å². The number of anilines is 1. The van der Waals surface area contributed by atoms with Crippen molar-refractivity contribution in [3.8, 4) is 0 Å². The molecule has 12 heteroatoms. The highest BCUT2D eigenvalue weighted by Gasteiger charge is 2.48. The minimum atomic E-state index is -4.85. The largest absolute Gasteiger partial charge is 0.467 e. The summed E-state index contributed by atoms with van der Waals surface area (Å²) >= 11 is 2.98. The fourth-order valence-corrected chi connectivity index (χ4v) is 6.66. The van der Waals surface area contributed by atoms with Crippen molar-refractivity contribution in [3.05, 3.63) is 40.0 Å². The summed E-state index contributed by atoms with van der Waals surface area (Å²) in [5, 5.41) is 3.29. The number of methoxy groups -OCH3 is 1. The number of sulfone groups is 1. The van der Waals surface area contributed by atoms with Gasteiger partial charge in [0, 0.05) is 17.1 Å². The molecule has 1 unspecified atom stereocenters. The Hall–Kier alpha value is -2.08. The lowest BCUT2D eigenvalue weighted by atomic mass is 9.93. The number of rotatable bonds is 5. The van der Waals surface area contributed by atoms with Crippen LogP contribution < -0.4 is 4.90 Å². The highest BCUT2D eigenvalue weighted by atomic mass is 79.9. The van der Waals surface area contributed by atoms with Crippen molar-refractivity contribution in [1.29, 1.82) is 0 Å². The van der Waals surface area contributed by atoms with Gasteiger partial charge in [-0.25, -0.2) is 17.9 Å². The molecule has 2 aliphatic rings. The SMILES string of the molecule is COC(=O)C1C[C@@H](S(=O)(=O)c2ccc(Br)cc2C(F)(F)F)CN1c1cc(C)nn1C1CCC1. The second-order valence-corrected chi connectivity index (χ2v) is 11.5. The van der Waals surface area contributed by atoms with Gasteiger partial charge in [0.15, 0.2) is 9.84 Å². The summed E-state index contributed by atoms with van der Waals surface area (Å²) < 4.78 is 74.6. The number of alkyl halides is 3. The first-order valence-electron chi connectivity index (χ1n) is 10.4. The summed E-state index contributed by atoms with van der Waals surface area (Å²) in [6.45, 7) is 1.65. The molecule has 2 aromatic rings. The van der Waals surface area contributed by atoms with Gasteiger partial charge in [-0.1, -0.05) is 15.9 Å². The average molecular weight is 550 g/mol. The molecular formula is C21H23BrF3N3O4S. The molecule has 2 fully saturated rings. The van der Waals surface area contributed by atoms with E-state index in [-0.39, 0.29) is 23.5 Å². The van der Waals surface area contributed by atoms with E-state index in [0.29, 0.717) is 11.5 Å². The Morgan fingerprint density at radius 1 is 1.24 bits per heavy atom. The van der Waals surface area contributed by atoms with Crippen molar-refractivity contribution in [2.45, 2.75) is 61.0 Å². The predicted molar refractivity (Wildman–Crippen MR) is 118 cm³/mol. The van der Waals surface area contributed by atoms with Crippen LogP contribution in [0.2, 0.25) is 0 Å². The predicted octanol–water partition coefficient (Wildman–Crippen LogP) is 4.29. The van der Waals surface area contributed by atoms with Crippen LogP contribution in [0, 0.1) is 6.92 Å². The molecule has 0 amide bonds. The molecule has 4 rings (SSSR count). The molecular weight excluding hydrogens is 527 g/mol. The van der Waals surface area contributed by atoms with Crippen LogP contribution in [-0.4, -0.2) is 49.1 Å². The Balaban J connectivity index is 1.75. The number of benzene rings is 1. The lowest BCUT2D eigenvalue weighted by molar-refractivity contribution is -0.142. The number of aromatic nitrogens is 2. The minimum Gasteiger partial charge on any atom is -0.467 e. The third kappa shape index (κ3) is 4.39. The van der Waals surface area contributed by atoms with Gasteiger partial charge in [0.05, 0.1) is 34.6 Å². The number of hydrogen-bond donors (Lipinski definition) is 0. The fraction of sp³-hybridized carbons (Fsp3) is 0.524. The maximum Gasteiger partial charge on any atom is 0.417 e. The fourth-order valence-electron chi connectivity index (χ4n) is 4.40. The van der Waals surface area contributed by atoms with Gasteiger partial charge >= 0.3 is 12.1 Å². The van der Waals surface area contributed by atoms with Crippen molar-refractivity contribution in [2.75, 3.05) is 18.6 Å². The monoisotopic (exact) mass is 549 g/mol. The molecule has 180 valence electrons. The Kier molecular flexibility index (Phi) is 6.27. The van der Waals surface area contributed by atoms with Crippen LogP contribution in [0.15, 0.2) is 33.6 Å². The first-order valence-corrected chi connectivity index (χ1v) is 12.8. The average Bonchev–Trinajstić information content (AvgIpc) is 3.29. The molecule has 0 spiro atoms. The van der Waals surface area contributed by atoms with Crippen LogP contribution in [0.25, 0.3) is 0 Å². The van der Waals surface area contributed by atoms with E-state index >= 15 is 0 Å². The summed E-state index contributed by atoms with van der Waals surface area (Å²) in [6.07, 6.45) is -2.16. The Morgan fingerprint density at radius 2 is 1.94 bits per heavy atom. The van der Waals surface area contributed by atoms with E-state index in [1.807, 2.05) is 0 Å². The lowest BCUT2D eigenvalue weighted by Crippen LogP contribution is -2.39. The molecule has 1 aromatic carbocycles. The maximum absolute atomic E-state index is 13.7. The van der Waals surface area contributed by atoms with Gasteiger partial charge in [-0.15, -0.1) is 0 Å². The highest BCUT2D eigenvalue weighted by Crippen LogP contribution is 2.41. The van der Waals surface area contributed by atoms with E-state index in [1.54, 1.807) is 22.6 Å². The van der Waals surface area contributed by atoms with E-state index in [1.165, 1.54) is 13.2 Å². The molecule has 33 heavy (non-hydrogen) atoms. The summed E-state index contributed by atoms with van der Waals surface area (Å²) in [7, 11) is -3.22. The zero-order valence-electron chi connectivity index (χ0n) is 18.0. The van der Waals surface area contributed by atoms with Gasteiger partial charge in [0.2, 0.25) is 0 Å². The van der Waals surface area contributed by atoms with E-state index in [9.17, 15) is 26.4 Å². The third-order valence-corrected chi connectivity index (χ3v) is 8.96. The molecule has 2 heterocycles. The molecule has 2 atom stereocenters. The topological polar surface area (TPSA) is 81.5 Å². The normalized spacial score (nSPS) is 21.8. The zero-order valence-corrected chi connectivity index (χ0v) is 20.4. The molecule has 0 bridgehead atoms. The van der Waals surface area contributed by atoms with E-state index in [0.717, 1.165) is 31.4 Å². The molecule has 7 nitrogen and oxygen atoms in total. The summed E-state index contributed by atoms with van der Waals surface area (Å²) in [6, 6.07) is 3.94. The Morgan fingerprint density at radius 3 is 2.52 bits per heavy atom. The lowest BCUT2D eigenvalue weighted by Gasteiger charge is -2.32. The molecule has 1 aliphatic heterocycles. The summed E-state index contributed by atoms with van der Waals surface area (Å²) in [4.78, 5) is 13.4. The van der Waals surface area contributed by atoms with E-state index in [4.69, 9.17) is 4.74 Å². The minimum absolute atomic E-state index is 0.120. The molecule has 1 saturated heterocycles. The molecule has 1 aliphatic carbocycles. The number of aryl methyl sites for hydroxylation is 1. The number of halogens is 4. The smallest absolute Gasteiger partial charge is 0.417 e. The van der Waals surface area contributed by atoms with Crippen molar-refractivity contribution >= 4 is 37.6 Å². The Labute approximate surface area is 197 Å². The van der Waals surface area contributed by atoms with E-state index in [2.05, 4.69) is 21.0 Å². The van der Waals surface area contributed by atoms with Crippen LogP contribution in [0.3, 0.4) is 0 Å². The van der Waals surface area contributed by atoms with Crippen LogP contribution in [0.5, 0.6) is 0 Å². The Bertz CT molecular complexity index is 1180. The summed E-state index contributed by atoms with van der Waals surface area (Å²) in [5.41, 5.74) is -0.528. The first-order chi connectivity index (χ1) is 15.4. The van der Waals surface area contributed by atoms with Gasteiger partial charge in [0.1, 0.15) is 11.9 Å². The summed E-state index contributed by atoms with van der Waals surface area (Å²) in [5.74, 6) is -0.0595. The maximum atomic E-state index is 13.7. The van der Waals surface area contributed by atoms with Gasteiger partial charge in [0.25, 0.3) is 0 Å². The molecule has 0 N–H and O–H groups in total. The second-order valence-electron chi connectivity index (χ2n) is 8.41. The van der Waals surface area contributed by atoms with Gasteiger partial charge < -0.3 is 9.64 Å².